The highest BCUT2D eigenvalue weighted by Gasteiger charge is 2.40. The van der Waals surface area contributed by atoms with Crippen LogP contribution in [0.15, 0.2) is 48.7 Å². The number of aryl methyl sites for hydroxylation is 1. The molecule has 8 heteroatoms. The fourth-order valence-corrected chi connectivity index (χ4v) is 6.06. The molecule has 2 fully saturated rings. The summed E-state index contributed by atoms with van der Waals surface area (Å²) in [5.41, 5.74) is 6.90. The highest BCUT2D eigenvalue weighted by Crippen LogP contribution is 2.42. The van der Waals surface area contributed by atoms with Crippen LogP contribution in [0, 0.1) is 6.92 Å². The molecule has 6 rings (SSSR count). The highest BCUT2D eigenvalue weighted by molar-refractivity contribution is 5.93. The molecule has 3 aromatic rings. The van der Waals surface area contributed by atoms with Gasteiger partial charge in [0.1, 0.15) is 6.17 Å². The number of likely N-dealkylation sites (tertiary alicyclic amines) is 1. The van der Waals surface area contributed by atoms with E-state index in [9.17, 15) is 14.3 Å². The number of piperazine rings is 1. The Morgan fingerprint density at radius 1 is 1.14 bits per heavy atom. The standard InChI is InChI=1S/C27H30FN5O2/c1-16-5-8-24(21-4-3-9-29-26(16)21)31-11-17(2)33-12-18-10-19(6-7-20(18)25(33)15-31)30-23-14-32(27(34)35)13-22(23)28/h3-10,17,22-23,25,30H,11-15H2,1-2H3,(H,34,35)/t17?,22-,23-,25?/m1/s1. The lowest BCUT2D eigenvalue weighted by atomic mass is 9.99. The number of nitrogens with one attached hydrogen (secondary N) is 1. The predicted molar refractivity (Wildman–Crippen MR) is 135 cm³/mol. The molecule has 0 aliphatic carbocycles. The summed E-state index contributed by atoms with van der Waals surface area (Å²) in [6, 6.07) is 15.0. The van der Waals surface area contributed by atoms with E-state index in [2.05, 4.69) is 64.3 Å². The quantitative estimate of drug-likeness (QED) is 0.584. The van der Waals surface area contributed by atoms with Crippen LogP contribution in [0.4, 0.5) is 20.6 Å². The van der Waals surface area contributed by atoms with Gasteiger partial charge in [-0.1, -0.05) is 12.1 Å². The number of amides is 1. The van der Waals surface area contributed by atoms with Gasteiger partial charge in [0.15, 0.2) is 0 Å². The number of hydrogen-bond donors (Lipinski definition) is 2. The first kappa shape index (κ1) is 22.1. The molecule has 0 bridgehead atoms. The Hall–Kier alpha value is -3.39. The van der Waals surface area contributed by atoms with Crippen LogP contribution in [0.2, 0.25) is 0 Å². The summed E-state index contributed by atoms with van der Waals surface area (Å²) < 4.78 is 14.4. The maximum atomic E-state index is 14.4. The average molecular weight is 476 g/mol. The number of pyridine rings is 1. The molecule has 2 aromatic carbocycles. The van der Waals surface area contributed by atoms with Crippen LogP contribution in [0.25, 0.3) is 10.9 Å². The first-order valence-corrected chi connectivity index (χ1v) is 12.3. The summed E-state index contributed by atoms with van der Waals surface area (Å²) in [4.78, 5) is 22.0. The second kappa shape index (κ2) is 8.37. The average Bonchev–Trinajstić information content (AvgIpc) is 3.40. The van der Waals surface area contributed by atoms with Crippen molar-refractivity contribution < 1.29 is 14.3 Å². The summed E-state index contributed by atoms with van der Waals surface area (Å²) >= 11 is 0. The van der Waals surface area contributed by atoms with Gasteiger partial charge in [0.2, 0.25) is 0 Å². The molecule has 4 heterocycles. The lowest BCUT2D eigenvalue weighted by Crippen LogP contribution is -2.51. The van der Waals surface area contributed by atoms with Gasteiger partial charge in [-0.25, -0.2) is 9.18 Å². The smallest absolute Gasteiger partial charge is 0.407 e. The third-order valence-electron chi connectivity index (χ3n) is 7.86. The molecule has 0 radical (unpaired) electrons. The second-order valence-electron chi connectivity index (χ2n) is 10.1. The SMILES string of the molecule is Cc1ccc(N2CC(C)N3Cc4cc(N[C@@H]5CN(C(=O)O)C[C@H]5F)ccc4C3C2)c2cccnc12. The summed E-state index contributed by atoms with van der Waals surface area (Å²) in [7, 11) is 0. The van der Waals surface area contributed by atoms with Crippen molar-refractivity contribution in [2.24, 2.45) is 0 Å². The third kappa shape index (κ3) is 3.76. The predicted octanol–water partition coefficient (Wildman–Crippen LogP) is 4.42. The van der Waals surface area contributed by atoms with E-state index in [0.29, 0.717) is 12.1 Å². The molecule has 2 N–H and O–H groups in total. The van der Waals surface area contributed by atoms with E-state index in [1.165, 1.54) is 27.8 Å². The van der Waals surface area contributed by atoms with E-state index in [1.54, 1.807) is 0 Å². The van der Waals surface area contributed by atoms with E-state index in [1.807, 2.05) is 18.3 Å². The molecule has 0 saturated carbocycles. The fraction of sp³-hybridized carbons (Fsp3) is 0.407. The molecular weight excluding hydrogens is 445 g/mol. The van der Waals surface area contributed by atoms with Crippen molar-refractivity contribution in [1.82, 2.24) is 14.8 Å². The molecule has 3 aliphatic heterocycles. The minimum absolute atomic E-state index is 0.0790. The topological polar surface area (TPSA) is 71.9 Å². The van der Waals surface area contributed by atoms with Gasteiger partial charge >= 0.3 is 6.09 Å². The van der Waals surface area contributed by atoms with Crippen LogP contribution >= 0.6 is 0 Å². The van der Waals surface area contributed by atoms with Crippen molar-refractivity contribution in [2.45, 2.75) is 44.7 Å². The first-order chi connectivity index (χ1) is 16.9. The molecule has 35 heavy (non-hydrogen) atoms. The number of alkyl halides is 1. The Labute approximate surface area is 204 Å². The number of carbonyl (C=O) groups is 1. The number of carboxylic acid groups (broad SMARTS) is 1. The highest BCUT2D eigenvalue weighted by atomic mass is 19.1. The molecule has 4 atom stereocenters. The van der Waals surface area contributed by atoms with Crippen LogP contribution in [0.1, 0.15) is 29.7 Å². The van der Waals surface area contributed by atoms with Crippen molar-refractivity contribution in [3.8, 4) is 0 Å². The van der Waals surface area contributed by atoms with Gasteiger partial charge in [-0.15, -0.1) is 0 Å². The van der Waals surface area contributed by atoms with Crippen molar-refractivity contribution in [3.63, 3.8) is 0 Å². The number of anilines is 2. The molecule has 2 saturated heterocycles. The minimum atomic E-state index is -1.21. The minimum Gasteiger partial charge on any atom is -0.465 e. The van der Waals surface area contributed by atoms with Gasteiger partial charge in [-0.3, -0.25) is 9.88 Å². The van der Waals surface area contributed by atoms with E-state index >= 15 is 0 Å². The largest absolute Gasteiger partial charge is 0.465 e. The van der Waals surface area contributed by atoms with Crippen molar-refractivity contribution in [1.29, 1.82) is 0 Å². The monoisotopic (exact) mass is 475 g/mol. The van der Waals surface area contributed by atoms with Gasteiger partial charge in [0, 0.05) is 55.2 Å². The van der Waals surface area contributed by atoms with E-state index in [0.717, 1.165) is 35.7 Å². The summed E-state index contributed by atoms with van der Waals surface area (Å²) in [6.45, 7) is 7.18. The van der Waals surface area contributed by atoms with Gasteiger partial charge in [0.25, 0.3) is 0 Å². The van der Waals surface area contributed by atoms with Crippen LogP contribution < -0.4 is 10.2 Å². The van der Waals surface area contributed by atoms with Crippen LogP contribution in [0.5, 0.6) is 0 Å². The number of aromatic nitrogens is 1. The van der Waals surface area contributed by atoms with Gasteiger partial charge in [-0.05, 0) is 60.9 Å². The van der Waals surface area contributed by atoms with Gasteiger partial charge < -0.3 is 20.2 Å². The molecule has 1 amide bonds. The Morgan fingerprint density at radius 3 is 2.80 bits per heavy atom. The first-order valence-electron chi connectivity index (χ1n) is 12.3. The zero-order valence-corrected chi connectivity index (χ0v) is 20.0. The Morgan fingerprint density at radius 2 is 2.00 bits per heavy atom. The van der Waals surface area contributed by atoms with E-state index in [4.69, 9.17) is 0 Å². The number of hydrogen-bond acceptors (Lipinski definition) is 5. The second-order valence-corrected chi connectivity index (χ2v) is 10.1. The summed E-state index contributed by atoms with van der Waals surface area (Å²) in [6.07, 6.45) is -0.425. The fourth-order valence-electron chi connectivity index (χ4n) is 6.06. The Balaban J connectivity index is 1.25. The van der Waals surface area contributed by atoms with Crippen molar-refractivity contribution >= 4 is 28.4 Å². The summed E-state index contributed by atoms with van der Waals surface area (Å²) in [5.74, 6) is 0. The molecular formula is C27H30FN5O2. The molecule has 3 aliphatic rings. The number of rotatable bonds is 3. The maximum absolute atomic E-state index is 14.4. The van der Waals surface area contributed by atoms with Crippen LogP contribution in [-0.4, -0.2) is 70.4 Å². The van der Waals surface area contributed by atoms with E-state index < -0.39 is 18.3 Å². The maximum Gasteiger partial charge on any atom is 0.407 e. The molecule has 0 spiro atoms. The summed E-state index contributed by atoms with van der Waals surface area (Å²) in [5, 5.41) is 13.6. The molecule has 182 valence electrons. The Kier molecular flexibility index (Phi) is 5.29. The number of halogens is 1. The van der Waals surface area contributed by atoms with Crippen molar-refractivity contribution in [2.75, 3.05) is 36.4 Å². The van der Waals surface area contributed by atoms with Crippen molar-refractivity contribution in [3.05, 3.63) is 65.4 Å². The lowest BCUT2D eigenvalue weighted by Gasteiger charge is -2.44. The van der Waals surface area contributed by atoms with E-state index in [-0.39, 0.29) is 13.1 Å². The molecule has 7 nitrogen and oxygen atoms in total. The van der Waals surface area contributed by atoms with Gasteiger partial charge in [-0.2, -0.15) is 0 Å². The lowest BCUT2D eigenvalue weighted by molar-refractivity contribution is 0.134. The number of nitrogens with zero attached hydrogens (tertiary/aromatic N) is 4. The molecule has 1 aromatic heterocycles. The third-order valence-corrected chi connectivity index (χ3v) is 7.86. The zero-order valence-electron chi connectivity index (χ0n) is 20.0. The number of fused-ring (bicyclic) bond motifs is 4. The normalized spacial score (nSPS) is 26.1. The van der Waals surface area contributed by atoms with Crippen LogP contribution in [-0.2, 0) is 6.54 Å². The number of benzene rings is 2. The van der Waals surface area contributed by atoms with Gasteiger partial charge in [0.05, 0.1) is 24.1 Å². The zero-order chi connectivity index (χ0) is 24.3. The van der Waals surface area contributed by atoms with Crippen LogP contribution in [0.3, 0.4) is 0 Å². The Bertz CT molecular complexity index is 1300. The molecule has 2 unspecified atom stereocenters.